The van der Waals surface area contributed by atoms with E-state index >= 15 is 0 Å². The van der Waals surface area contributed by atoms with Crippen molar-refractivity contribution in [3.63, 3.8) is 0 Å². The Hall–Kier alpha value is -1.95. The Morgan fingerprint density at radius 1 is 1.35 bits per heavy atom. The molecule has 1 aromatic carbocycles. The van der Waals surface area contributed by atoms with Gasteiger partial charge in [0.05, 0.1) is 5.69 Å². The van der Waals surface area contributed by atoms with Gasteiger partial charge >= 0.3 is 6.61 Å². The Kier molecular flexibility index (Phi) is 4.68. The van der Waals surface area contributed by atoms with E-state index in [1.165, 1.54) is 12.1 Å². The molecule has 0 saturated carbocycles. The fraction of sp³-hybridized carbons (Fsp3) is 0.357. The van der Waals surface area contributed by atoms with E-state index in [2.05, 4.69) is 9.84 Å². The van der Waals surface area contributed by atoms with Crippen LogP contribution in [0.25, 0.3) is 0 Å². The second-order valence-corrected chi connectivity index (χ2v) is 4.33. The molecule has 0 spiro atoms. The topological polar surface area (TPSA) is 47.3 Å². The summed E-state index contributed by atoms with van der Waals surface area (Å²) in [6.07, 6.45) is 1.56. The molecule has 0 aliphatic carbocycles. The molecule has 1 heterocycles. The van der Waals surface area contributed by atoms with Crippen molar-refractivity contribution in [2.24, 2.45) is 0 Å². The molecule has 1 unspecified atom stereocenters. The van der Waals surface area contributed by atoms with E-state index in [0.717, 1.165) is 6.42 Å². The highest BCUT2D eigenvalue weighted by Crippen LogP contribution is 2.25. The van der Waals surface area contributed by atoms with Gasteiger partial charge in [-0.2, -0.15) is 13.9 Å². The van der Waals surface area contributed by atoms with Crippen LogP contribution >= 0.6 is 0 Å². The number of aliphatic hydroxyl groups excluding tert-OH is 1. The largest absolute Gasteiger partial charge is 0.435 e. The standard InChI is InChI=1S/C14H16F2N2O2/c1-2-8-18-12(6-7-17-18)13(19)10-4-3-5-11(9-10)20-14(15)16/h3-7,9,13-14,19H,2,8H2,1H3. The Bertz CT molecular complexity index is 558. The van der Waals surface area contributed by atoms with Gasteiger partial charge in [0.25, 0.3) is 0 Å². The van der Waals surface area contributed by atoms with Gasteiger partial charge in [-0.05, 0) is 30.2 Å². The number of aliphatic hydroxyl groups is 1. The highest BCUT2D eigenvalue weighted by Gasteiger charge is 2.16. The van der Waals surface area contributed by atoms with Crippen molar-refractivity contribution in [2.45, 2.75) is 32.6 Å². The highest BCUT2D eigenvalue weighted by atomic mass is 19.3. The molecular weight excluding hydrogens is 266 g/mol. The number of rotatable bonds is 6. The lowest BCUT2D eigenvalue weighted by atomic mass is 10.1. The summed E-state index contributed by atoms with van der Waals surface area (Å²) in [5.74, 6) is 0.0260. The number of nitrogens with zero attached hydrogens (tertiary/aromatic N) is 2. The Balaban J connectivity index is 2.23. The van der Waals surface area contributed by atoms with Crippen LogP contribution in [0.4, 0.5) is 8.78 Å². The quantitative estimate of drug-likeness (QED) is 0.886. The van der Waals surface area contributed by atoms with Crippen LogP contribution in [0.15, 0.2) is 36.5 Å². The molecule has 0 saturated heterocycles. The van der Waals surface area contributed by atoms with Gasteiger partial charge in [-0.1, -0.05) is 19.1 Å². The molecule has 108 valence electrons. The average Bonchev–Trinajstić information content (AvgIpc) is 2.86. The molecule has 0 radical (unpaired) electrons. The maximum Gasteiger partial charge on any atom is 0.387 e. The summed E-state index contributed by atoms with van der Waals surface area (Å²) in [5.41, 5.74) is 1.11. The zero-order valence-electron chi connectivity index (χ0n) is 11.0. The predicted molar refractivity (Wildman–Crippen MR) is 69.7 cm³/mol. The molecule has 0 aliphatic heterocycles. The third kappa shape index (κ3) is 3.33. The second kappa shape index (κ2) is 6.47. The van der Waals surface area contributed by atoms with Crippen LogP contribution < -0.4 is 4.74 Å². The molecular formula is C14H16F2N2O2. The molecule has 1 atom stereocenters. The fourth-order valence-corrected chi connectivity index (χ4v) is 2.01. The third-order valence-corrected chi connectivity index (χ3v) is 2.86. The molecule has 4 nitrogen and oxygen atoms in total. The van der Waals surface area contributed by atoms with Gasteiger partial charge in [0.1, 0.15) is 11.9 Å². The molecule has 0 aliphatic rings. The lowest BCUT2D eigenvalue weighted by Gasteiger charge is -2.14. The minimum Gasteiger partial charge on any atom is -0.435 e. The van der Waals surface area contributed by atoms with Crippen LogP contribution in [0.2, 0.25) is 0 Å². The summed E-state index contributed by atoms with van der Waals surface area (Å²) in [6.45, 7) is -0.185. The normalized spacial score (nSPS) is 12.7. The number of alkyl halides is 2. The molecule has 2 aromatic rings. The summed E-state index contributed by atoms with van der Waals surface area (Å²) < 4.78 is 30.4. The van der Waals surface area contributed by atoms with E-state index in [-0.39, 0.29) is 5.75 Å². The zero-order chi connectivity index (χ0) is 14.5. The average molecular weight is 282 g/mol. The molecule has 1 N–H and O–H groups in total. The number of hydrogen-bond donors (Lipinski definition) is 1. The minimum atomic E-state index is -2.88. The van der Waals surface area contributed by atoms with Gasteiger partial charge in [-0.25, -0.2) is 0 Å². The van der Waals surface area contributed by atoms with Gasteiger partial charge in [-0.3, -0.25) is 4.68 Å². The number of hydrogen-bond acceptors (Lipinski definition) is 3. The maximum atomic E-state index is 12.2. The first-order valence-electron chi connectivity index (χ1n) is 6.36. The van der Waals surface area contributed by atoms with E-state index in [0.29, 0.717) is 17.8 Å². The van der Waals surface area contributed by atoms with Crippen LogP contribution in [-0.4, -0.2) is 21.5 Å². The van der Waals surface area contributed by atoms with Gasteiger partial charge < -0.3 is 9.84 Å². The van der Waals surface area contributed by atoms with Crippen LogP contribution in [0, 0.1) is 0 Å². The zero-order valence-corrected chi connectivity index (χ0v) is 11.0. The molecule has 0 amide bonds. The fourth-order valence-electron chi connectivity index (χ4n) is 2.01. The first kappa shape index (κ1) is 14.5. The Morgan fingerprint density at radius 2 is 2.15 bits per heavy atom. The Labute approximate surface area is 115 Å². The van der Waals surface area contributed by atoms with E-state index < -0.39 is 12.7 Å². The highest BCUT2D eigenvalue weighted by molar-refractivity contribution is 5.33. The molecule has 0 bridgehead atoms. The van der Waals surface area contributed by atoms with E-state index in [4.69, 9.17) is 0 Å². The van der Waals surface area contributed by atoms with E-state index in [1.54, 1.807) is 29.1 Å². The SMILES string of the molecule is CCCn1nccc1C(O)c1cccc(OC(F)F)c1. The van der Waals surface area contributed by atoms with Crippen molar-refractivity contribution < 1.29 is 18.6 Å². The van der Waals surface area contributed by atoms with Gasteiger partial charge in [-0.15, -0.1) is 0 Å². The molecule has 1 aromatic heterocycles. The van der Waals surface area contributed by atoms with Crippen molar-refractivity contribution in [1.29, 1.82) is 0 Å². The number of aryl methyl sites for hydroxylation is 1. The minimum absolute atomic E-state index is 0.0260. The summed E-state index contributed by atoms with van der Waals surface area (Å²) in [6, 6.07) is 7.76. The first-order chi connectivity index (χ1) is 9.61. The summed E-state index contributed by atoms with van der Waals surface area (Å²) in [5, 5.41) is 14.5. The van der Waals surface area contributed by atoms with Crippen molar-refractivity contribution in [2.75, 3.05) is 0 Å². The summed E-state index contributed by atoms with van der Waals surface area (Å²) >= 11 is 0. The van der Waals surface area contributed by atoms with Gasteiger partial charge in [0.15, 0.2) is 0 Å². The lowest BCUT2D eigenvalue weighted by Crippen LogP contribution is -2.10. The van der Waals surface area contributed by atoms with Crippen molar-refractivity contribution in [3.05, 3.63) is 47.8 Å². The van der Waals surface area contributed by atoms with Crippen molar-refractivity contribution in [1.82, 2.24) is 9.78 Å². The summed E-state index contributed by atoms with van der Waals surface area (Å²) in [7, 11) is 0. The molecule has 2 rings (SSSR count). The Morgan fingerprint density at radius 3 is 2.85 bits per heavy atom. The van der Waals surface area contributed by atoms with E-state index in [1.807, 2.05) is 6.92 Å². The van der Waals surface area contributed by atoms with Crippen LogP contribution in [0.1, 0.15) is 30.7 Å². The third-order valence-electron chi connectivity index (χ3n) is 2.86. The molecule has 20 heavy (non-hydrogen) atoms. The van der Waals surface area contributed by atoms with Gasteiger partial charge in [0.2, 0.25) is 0 Å². The number of aromatic nitrogens is 2. The second-order valence-electron chi connectivity index (χ2n) is 4.33. The van der Waals surface area contributed by atoms with Crippen molar-refractivity contribution in [3.8, 4) is 5.75 Å². The smallest absolute Gasteiger partial charge is 0.387 e. The number of halogens is 2. The number of benzene rings is 1. The van der Waals surface area contributed by atoms with Gasteiger partial charge in [0, 0.05) is 12.7 Å². The lowest BCUT2D eigenvalue weighted by molar-refractivity contribution is -0.0499. The van der Waals surface area contributed by atoms with E-state index in [9.17, 15) is 13.9 Å². The first-order valence-corrected chi connectivity index (χ1v) is 6.36. The maximum absolute atomic E-state index is 12.2. The predicted octanol–water partition coefficient (Wildman–Crippen LogP) is 2.98. The van der Waals surface area contributed by atoms with Crippen LogP contribution in [0.3, 0.4) is 0 Å². The van der Waals surface area contributed by atoms with Crippen LogP contribution in [-0.2, 0) is 6.54 Å². The summed E-state index contributed by atoms with van der Waals surface area (Å²) in [4.78, 5) is 0. The number of ether oxygens (including phenoxy) is 1. The monoisotopic (exact) mass is 282 g/mol. The van der Waals surface area contributed by atoms with Crippen LogP contribution in [0.5, 0.6) is 5.75 Å². The molecule has 0 fully saturated rings. The molecule has 6 heteroatoms. The van der Waals surface area contributed by atoms with Crippen molar-refractivity contribution >= 4 is 0 Å².